The molecule has 8 heteroatoms. The van der Waals surface area contributed by atoms with Crippen molar-refractivity contribution in [2.45, 2.75) is 58.0 Å². The summed E-state index contributed by atoms with van der Waals surface area (Å²) in [6, 6.07) is 3.49. The van der Waals surface area contributed by atoms with Crippen molar-refractivity contribution >= 4 is 29.3 Å². The first-order valence-electron chi connectivity index (χ1n) is 10.7. The number of nitrogens with one attached hydrogen (secondary N) is 1. The third kappa shape index (κ3) is 2.70. The number of fused-ring (bicyclic) bond motifs is 4. The maximum absolute atomic E-state index is 13.5. The second-order valence-electron chi connectivity index (χ2n) is 8.77. The van der Waals surface area contributed by atoms with Gasteiger partial charge in [0.2, 0.25) is 23.3 Å². The van der Waals surface area contributed by atoms with Crippen LogP contribution in [0.15, 0.2) is 12.1 Å². The molecule has 2 saturated heterocycles. The number of aryl methyl sites for hydroxylation is 1. The number of unbranched alkanes of at least 4 members (excludes halogenated alkanes) is 1. The molecular weight excluding hydrogens is 384 g/mol. The molecule has 3 aliphatic rings. The lowest BCUT2D eigenvalue weighted by atomic mass is 9.76. The fourth-order valence-electron chi connectivity index (χ4n) is 5.45. The SMILES string of the molecule is CCCCN1C(=O)[C@@H]2[C@H](CCC(N)=O)[NH2+][C@@]3(C(=O)Nc4c3ccc(C)c4C)[C@@H]2C1=O. The number of nitrogens with two attached hydrogens (primary N) is 2. The largest absolute Gasteiger partial charge is 0.370 e. The zero-order chi connectivity index (χ0) is 21.8. The van der Waals surface area contributed by atoms with Crippen molar-refractivity contribution in [2.24, 2.45) is 17.6 Å². The van der Waals surface area contributed by atoms with Crippen LogP contribution in [0.4, 0.5) is 5.69 Å². The highest BCUT2D eigenvalue weighted by Crippen LogP contribution is 2.50. The van der Waals surface area contributed by atoms with E-state index in [1.165, 1.54) is 4.90 Å². The molecule has 0 unspecified atom stereocenters. The van der Waals surface area contributed by atoms with Crippen LogP contribution >= 0.6 is 0 Å². The molecule has 2 fully saturated rings. The molecule has 4 atom stereocenters. The van der Waals surface area contributed by atoms with E-state index in [2.05, 4.69) is 5.32 Å². The molecule has 8 nitrogen and oxygen atoms in total. The number of nitrogens with zero attached hydrogens (tertiary/aromatic N) is 1. The number of amides is 4. The number of primary amides is 1. The Morgan fingerprint density at radius 3 is 2.63 bits per heavy atom. The van der Waals surface area contributed by atoms with Gasteiger partial charge in [-0.1, -0.05) is 19.4 Å². The average Bonchev–Trinajstić information content (AvgIpc) is 3.27. The Hall–Kier alpha value is -2.74. The molecule has 0 aliphatic carbocycles. The summed E-state index contributed by atoms with van der Waals surface area (Å²) in [5.74, 6) is -2.64. The summed E-state index contributed by atoms with van der Waals surface area (Å²) < 4.78 is 0. The van der Waals surface area contributed by atoms with E-state index in [-0.39, 0.29) is 30.2 Å². The van der Waals surface area contributed by atoms with Crippen LogP contribution in [0, 0.1) is 25.7 Å². The van der Waals surface area contributed by atoms with Gasteiger partial charge in [-0.2, -0.15) is 0 Å². The first-order valence-corrected chi connectivity index (χ1v) is 10.7. The fourth-order valence-corrected chi connectivity index (χ4v) is 5.45. The molecule has 30 heavy (non-hydrogen) atoms. The van der Waals surface area contributed by atoms with Gasteiger partial charge in [0.25, 0.3) is 5.91 Å². The summed E-state index contributed by atoms with van der Waals surface area (Å²) in [4.78, 5) is 52.9. The third-order valence-corrected chi connectivity index (χ3v) is 7.13. The number of hydrogen-bond acceptors (Lipinski definition) is 4. The van der Waals surface area contributed by atoms with E-state index in [9.17, 15) is 19.2 Å². The lowest BCUT2D eigenvalue weighted by Crippen LogP contribution is -2.99. The number of benzene rings is 1. The second kappa shape index (κ2) is 7.19. The molecule has 0 radical (unpaired) electrons. The van der Waals surface area contributed by atoms with E-state index >= 15 is 0 Å². The van der Waals surface area contributed by atoms with Gasteiger partial charge in [-0.05, 0) is 37.5 Å². The average molecular weight is 413 g/mol. The molecule has 4 rings (SSSR count). The highest BCUT2D eigenvalue weighted by molar-refractivity contribution is 6.14. The number of hydrogen-bond donors (Lipinski definition) is 3. The minimum Gasteiger partial charge on any atom is -0.370 e. The van der Waals surface area contributed by atoms with E-state index in [1.54, 1.807) is 0 Å². The Balaban J connectivity index is 1.83. The van der Waals surface area contributed by atoms with Crippen LogP contribution in [0.5, 0.6) is 0 Å². The highest BCUT2D eigenvalue weighted by atomic mass is 16.2. The summed E-state index contributed by atoms with van der Waals surface area (Å²) in [6.45, 7) is 6.28. The minimum atomic E-state index is -1.19. The Labute approximate surface area is 175 Å². The second-order valence-corrected chi connectivity index (χ2v) is 8.77. The van der Waals surface area contributed by atoms with Gasteiger partial charge in [-0.3, -0.25) is 24.1 Å². The number of carbonyl (C=O) groups excluding carboxylic acids is 4. The van der Waals surface area contributed by atoms with Crippen LogP contribution < -0.4 is 16.4 Å². The van der Waals surface area contributed by atoms with Crippen molar-refractivity contribution in [3.63, 3.8) is 0 Å². The molecule has 1 aromatic rings. The standard InChI is InChI=1S/C22H28N4O4/c1-4-5-10-26-19(28)16-14(8-9-15(23)27)25-22(17(16)20(26)29)13-7-6-11(2)12(3)18(13)24-21(22)30/h6-7,14,16-17,25H,4-5,8-10H2,1-3H3,(H2,23,27)(H,24,30)/p+1/t14-,16+,17-,22+/m0/s1. The number of anilines is 1. The molecule has 1 aromatic carbocycles. The van der Waals surface area contributed by atoms with Crippen LogP contribution in [-0.4, -0.2) is 41.1 Å². The predicted molar refractivity (Wildman–Crippen MR) is 109 cm³/mol. The lowest BCUT2D eigenvalue weighted by molar-refractivity contribution is -0.734. The molecule has 1 spiro atoms. The molecule has 160 valence electrons. The summed E-state index contributed by atoms with van der Waals surface area (Å²) in [7, 11) is 0. The van der Waals surface area contributed by atoms with Crippen molar-refractivity contribution in [1.29, 1.82) is 0 Å². The summed E-state index contributed by atoms with van der Waals surface area (Å²) in [6.07, 6.45) is 2.04. The molecule has 0 bridgehead atoms. The van der Waals surface area contributed by atoms with Crippen molar-refractivity contribution in [1.82, 2.24) is 4.90 Å². The fraction of sp³-hybridized carbons (Fsp3) is 0.545. The quantitative estimate of drug-likeness (QED) is 0.570. The summed E-state index contributed by atoms with van der Waals surface area (Å²) in [5, 5.41) is 4.84. The number of quaternary nitrogens is 1. The minimum absolute atomic E-state index is 0.109. The Kier molecular flexibility index (Phi) is 4.92. The van der Waals surface area contributed by atoms with E-state index in [4.69, 9.17) is 5.73 Å². The molecular formula is C22H29N4O4+. The van der Waals surface area contributed by atoms with Gasteiger partial charge < -0.3 is 16.4 Å². The Morgan fingerprint density at radius 2 is 1.97 bits per heavy atom. The maximum atomic E-state index is 13.5. The molecule has 3 aliphatic heterocycles. The topological polar surface area (TPSA) is 126 Å². The van der Waals surface area contributed by atoms with Crippen molar-refractivity contribution in [2.75, 3.05) is 11.9 Å². The highest BCUT2D eigenvalue weighted by Gasteiger charge is 2.74. The Morgan fingerprint density at radius 1 is 1.23 bits per heavy atom. The summed E-state index contributed by atoms with van der Waals surface area (Å²) >= 11 is 0. The van der Waals surface area contributed by atoms with Gasteiger partial charge in [-0.25, -0.2) is 0 Å². The van der Waals surface area contributed by atoms with Gasteiger partial charge in [0, 0.05) is 24.9 Å². The summed E-state index contributed by atoms with van der Waals surface area (Å²) in [5.41, 5.74) is 7.66. The van der Waals surface area contributed by atoms with Gasteiger partial charge in [0.15, 0.2) is 0 Å². The number of imide groups is 1. The zero-order valence-electron chi connectivity index (χ0n) is 17.7. The van der Waals surface area contributed by atoms with E-state index in [1.807, 2.05) is 38.2 Å². The van der Waals surface area contributed by atoms with Gasteiger partial charge in [0.1, 0.15) is 17.9 Å². The van der Waals surface area contributed by atoms with Crippen molar-refractivity contribution in [3.8, 4) is 0 Å². The normalized spacial score (nSPS) is 29.5. The lowest BCUT2D eigenvalue weighted by Gasteiger charge is -2.26. The number of likely N-dealkylation sites (tertiary alicyclic amines) is 1. The van der Waals surface area contributed by atoms with E-state index in [0.717, 1.165) is 35.2 Å². The van der Waals surface area contributed by atoms with Gasteiger partial charge in [0.05, 0.1) is 5.69 Å². The third-order valence-electron chi connectivity index (χ3n) is 7.13. The van der Waals surface area contributed by atoms with Crippen LogP contribution in [0.1, 0.15) is 49.3 Å². The predicted octanol–water partition coefficient (Wildman–Crippen LogP) is 0.0632. The van der Waals surface area contributed by atoms with Crippen LogP contribution in [0.25, 0.3) is 0 Å². The molecule has 0 aromatic heterocycles. The van der Waals surface area contributed by atoms with Gasteiger partial charge >= 0.3 is 0 Å². The maximum Gasteiger partial charge on any atom is 0.291 e. The molecule has 4 amide bonds. The molecule has 0 saturated carbocycles. The Bertz CT molecular complexity index is 959. The molecule has 3 heterocycles. The van der Waals surface area contributed by atoms with Crippen LogP contribution in [0.2, 0.25) is 0 Å². The van der Waals surface area contributed by atoms with Crippen molar-refractivity contribution < 1.29 is 24.5 Å². The smallest absolute Gasteiger partial charge is 0.291 e. The monoisotopic (exact) mass is 413 g/mol. The van der Waals surface area contributed by atoms with Crippen LogP contribution in [0.3, 0.4) is 0 Å². The van der Waals surface area contributed by atoms with Crippen molar-refractivity contribution in [3.05, 3.63) is 28.8 Å². The zero-order valence-corrected chi connectivity index (χ0v) is 17.7. The molecule has 5 N–H and O–H groups in total. The van der Waals surface area contributed by atoms with Gasteiger partial charge in [-0.15, -0.1) is 0 Å². The van der Waals surface area contributed by atoms with E-state index < -0.39 is 23.3 Å². The van der Waals surface area contributed by atoms with Crippen LogP contribution in [-0.2, 0) is 24.7 Å². The number of rotatable bonds is 6. The van der Waals surface area contributed by atoms with E-state index in [0.29, 0.717) is 13.0 Å². The number of carbonyl (C=O) groups is 4. The first kappa shape index (κ1) is 20.5. The first-order chi connectivity index (χ1) is 14.2.